The number of methoxy groups -OCH3 is 1. The van der Waals surface area contributed by atoms with Crippen LogP contribution in [0.5, 0.6) is 0 Å². The quantitative estimate of drug-likeness (QED) is 0.733. The molecule has 2 heterocycles. The summed E-state index contributed by atoms with van der Waals surface area (Å²) in [6, 6.07) is 8.10. The van der Waals surface area contributed by atoms with Crippen molar-refractivity contribution < 1.29 is 14.1 Å². The van der Waals surface area contributed by atoms with Gasteiger partial charge in [0.2, 0.25) is 11.8 Å². The zero-order chi connectivity index (χ0) is 19.6. The second-order valence-electron chi connectivity index (χ2n) is 8.28. The molecule has 2 aromatic rings. The van der Waals surface area contributed by atoms with E-state index in [4.69, 9.17) is 14.2 Å². The maximum Gasteiger partial charge on any atom is 0.229 e. The molecule has 1 aliphatic carbocycles. The van der Waals surface area contributed by atoms with E-state index < -0.39 is 0 Å². The van der Waals surface area contributed by atoms with Crippen LogP contribution in [0, 0.1) is 6.92 Å². The van der Waals surface area contributed by atoms with E-state index in [-0.39, 0.29) is 11.3 Å². The van der Waals surface area contributed by atoms with Crippen LogP contribution in [0.4, 0.5) is 0 Å². The third kappa shape index (κ3) is 3.97. The van der Waals surface area contributed by atoms with Gasteiger partial charge < -0.3 is 14.2 Å². The minimum Gasteiger partial charge on any atom is -0.385 e. The number of likely N-dealkylation sites (tertiary alicyclic amines) is 1. The summed E-state index contributed by atoms with van der Waals surface area (Å²) in [5.74, 6) is 2.11. The minimum absolute atomic E-state index is 0.168. The number of hydrogen-bond acceptors (Lipinski definition) is 5. The fourth-order valence-corrected chi connectivity index (χ4v) is 4.17. The molecule has 150 valence electrons. The molecule has 1 saturated heterocycles. The van der Waals surface area contributed by atoms with Crippen molar-refractivity contribution in [1.82, 2.24) is 15.0 Å². The summed E-state index contributed by atoms with van der Waals surface area (Å²) < 4.78 is 10.9. The number of piperidine rings is 1. The Kier molecular flexibility index (Phi) is 5.49. The molecule has 6 heteroatoms. The van der Waals surface area contributed by atoms with Gasteiger partial charge in [0.05, 0.1) is 11.8 Å². The van der Waals surface area contributed by atoms with E-state index in [1.807, 2.05) is 23.1 Å². The first-order valence-corrected chi connectivity index (χ1v) is 10.3. The molecule has 1 aromatic heterocycles. The van der Waals surface area contributed by atoms with Crippen LogP contribution >= 0.6 is 0 Å². The molecule has 4 rings (SSSR count). The summed E-state index contributed by atoms with van der Waals surface area (Å²) in [5, 5.41) is 4.34. The fraction of sp³-hybridized carbons (Fsp3) is 0.591. The molecule has 1 saturated carbocycles. The fourth-order valence-electron chi connectivity index (χ4n) is 4.17. The number of amides is 1. The van der Waals surface area contributed by atoms with Crippen molar-refractivity contribution in [2.24, 2.45) is 0 Å². The highest BCUT2D eigenvalue weighted by Gasteiger charge is 2.43. The van der Waals surface area contributed by atoms with Gasteiger partial charge >= 0.3 is 0 Å². The molecule has 0 bridgehead atoms. The lowest BCUT2D eigenvalue weighted by molar-refractivity contribution is -0.133. The highest BCUT2D eigenvalue weighted by molar-refractivity contribution is 5.79. The summed E-state index contributed by atoms with van der Waals surface area (Å²) in [6.07, 6.45) is 5.39. The van der Waals surface area contributed by atoms with Crippen molar-refractivity contribution in [3.05, 3.63) is 47.1 Å². The summed E-state index contributed by atoms with van der Waals surface area (Å²) in [7, 11) is 1.71. The molecular weight excluding hydrogens is 354 g/mol. The molecular formula is C22H29N3O3. The topological polar surface area (TPSA) is 68.5 Å². The van der Waals surface area contributed by atoms with Crippen molar-refractivity contribution in [3.8, 4) is 0 Å². The van der Waals surface area contributed by atoms with E-state index in [1.54, 1.807) is 7.11 Å². The predicted molar refractivity (Wildman–Crippen MR) is 105 cm³/mol. The van der Waals surface area contributed by atoms with Gasteiger partial charge in [0.25, 0.3) is 0 Å². The lowest BCUT2D eigenvalue weighted by Gasteiger charge is -2.41. The van der Waals surface area contributed by atoms with E-state index in [2.05, 4.69) is 18.1 Å². The minimum atomic E-state index is -0.285. The summed E-state index contributed by atoms with van der Waals surface area (Å²) >= 11 is 0. The lowest BCUT2D eigenvalue weighted by Crippen LogP contribution is -2.50. The Hall–Kier alpha value is -2.21. The van der Waals surface area contributed by atoms with E-state index >= 15 is 0 Å². The molecule has 0 radical (unpaired) electrons. The maximum atomic E-state index is 13.1. The Bertz CT molecular complexity index is 830. The van der Waals surface area contributed by atoms with Gasteiger partial charge in [-0.2, -0.15) is 4.98 Å². The Balaban J connectivity index is 1.53. The Morgan fingerprint density at radius 2 is 2.18 bits per heavy atom. The zero-order valence-electron chi connectivity index (χ0n) is 16.8. The number of carbonyl (C=O) groups is 1. The monoisotopic (exact) mass is 383 g/mol. The Morgan fingerprint density at radius 3 is 2.93 bits per heavy atom. The lowest BCUT2D eigenvalue weighted by atomic mass is 9.76. The first-order valence-electron chi connectivity index (χ1n) is 10.3. The molecule has 2 aliphatic rings. The van der Waals surface area contributed by atoms with Gasteiger partial charge in [0.15, 0.2) is 5.82 Å². The van der Waals surface area contributed by atoms with Crippen LogP contribution in [-0.4, -0.2) is 47.8 Å². The van der Waals surface area contributed by atoms with Crippen molar-refractivity contribution in [2.45, 2.75) is 56.8 Å². The number of benzene rings is 1. The summed E-state index contributed by atoms with van der Waals surface area (Å²) in [4.78, 5) is 19.8. The van der Waals surface area contributed by atoms with E-state index in [0.29, 0.717) is 25.5 Å². The number of hydrogen-bond donors (Lipinski definition) is 0. The van der Waals surface area contributed by atoms with Crippen LogP contribution < -0.4 is 0 Å². The van der Waals surface area contributed by atoms with Crippen molar-refractivity contribution in [1.29, 1.82) is 0 Å². The van der Waals surface area contributed by atoms with Crippen LogP contribution in [0.25, 0.3) is 0 Å². The average Bonchev–Trinajstić information content (AvgIpc) is 3.44. The normalized spacial score (nSPS) is 22.4. The highest BCUT2D eigenvalue weighted by atomic mass is 16.5. The summed E-state index contributed by atoms with van der Waals surface area (Å²) in [5.41, 5.74) is 1.97. The highest BCUT2D eigenvalue weighted by Crippen LogP contribution is 2.41. The third-order valence-electron chi connectivity index (χ3n) is 6.16. The second kappa shape index (κ2) is 8.03. The van der Waals surface area contributed by atoms with E-state index in [9.17, 15) is 4.79 Å². The molecule has 1 aromatic carbocycles. The number of rotatable bonds is 7. The SMILES string of the molecule is COCCC1(c2noc(C3CC3)n2)CCCN(C(=O)Cc2ccccc2C)C1. The molecule has 2 fully saturated rings. The molecule has 1 unspecified atom stereocenters. The molecule has 1 aliphatic heterocycles. The first-order chi connectivity index (χ1) is 13.6. The zero-order valence-corrected chi connectivity index (χ0v) is 16.8. The number of aromatic nitrogens is 2. The second-order valence-corrected chi connectivity index (χ2v) is 8.28. The molecule has 0 N–H and O–H groups in total. The number of nitrogens with zero attached hydrogens (tertiary/aromatic N) is 3. The smallest absolute Gasteiger partial charge is 0.229 e. The van der Waals surface area contributed by atoms with Crippen LogP contribution in [0.3, 0.4) is 0 Å². The number of ether oxygens (including phenoxy) is 1. The molecule has 1 atom stereocenters. The average molecular weight is 383 g/mol. The van der Waals surface area contributed by atoms with Gasteiger partial charge in [-0.25, -0.2) is 0 Å². The van der Waals surface area contributed by atoms with E-state index in [1.165, 1.54) is 0 Å². The van der Waals surface area contributed by atoms with Crippen LogP contribution in [0.15, 0.2) is 28.8 Å². The predicted octanol–water partition coefficient (Wildman–Crippen LogP) is 3.39. The Labute approximate surface area is 166 Å². The Morgan fingerprint density at radius 1 is 1.36 bits per heavy atom. The van der Waals surface area contributed by atoms with Crippen LogP contribution in [-0.2, 0) is 21.4 Å². The molecule has 1 amide bonds. The third-order valence-corrected chi connectivity index (χ3v) is 6.16. The van der Waals surface area contributed by atoms with Gasteiger partial charge in [0.1, 0.15) is 0 Å². The van der Waals surface area contributed by atoms with Crippen molar-refractivity contribution in [2.75, 3.05) is 26.8 Å². The molecule has 28 heavy (non-hydrogen) atoms. The first kappa shape index (κ1) is 19.1. The van der Waals surface area contributed by atoms with Gasteiger partial charge in [-0.1, -0.05) is 29.4 Å². The summed E-state index contributed by atoms with van der Waals surface area (Å²) in [6.45, 7) is 4.09. The van der Waals surface area contributed by atoms with Crippen molar-refractivity contribution in [3.63, 3.8) is 0 Å². The van der Waals surface area contributed by atoms with E-state index in [0.717, 1.165) is 61.5 Å². The van der Waals surface area contributed by atoms with Gasteiger partial charge in [-0.3, -0.25) is 4.79 Å². The number of aryl methyl sites for hydroxylation is 1. The standard InChI is InChI=1S/C22H29N3O3/c1-16-6-3-4-7-18(16)14-19(26)25-12-5-10-22(15-25,11-13-27-2)21-23-20(28-24-21)17-8-9-17/h3-4,6-7,17H,5,8-15H2,1-2H3. The molecule has 6 nitrogen and oxygen atoms in total. The largest absolute Gasteiger partial charge is 0.385 e. The van der Waals surface area contributed by atoms with Crippen LogP contribution in [0.1, 0.15) is 60.9 Å². The van der Waals surface area contributed by atoms with Gasteiger partial charge in [0, 0.05) is 32.7 Å². The van der Waals surface area contributed by atoms with Crippen LogP contribution in [0.2, 0.25) is 0 Å². The number of carbonyl (C=O) groups excluding carboxylic acids is 1. The maximum absolute atomic E-state index is 13.1. The van der Waals surface area contributed by atoms with Gasteiger partial charge in [-0.15, -0.1) is 0 Å². The van der Waals surface area contributed by atoms with Gasteiger partial charge in [-0.05, 0) is 50.2 Å². The molecule has 0 spiro atoms. The van der Waals surface area contributed by atoms with Crippen molar-refractivity contribution >= 4 is 5.91 Å².